The lowest BCUT2D eigenvalue weighted by atomic mass is 10.3. The van der Waals surface area contributed by atoms with Crippen LogP contribution in [-0.2, 0) is 10.0 Å². The van der Waals surface area contributed by atoms with Crippen LogP contribution in [0.3, 0.4) is 0 Å². The lowest BCUT2D eigenvalue weighted by molar-refractivity contribution is 0.486. The van der Waals surface area contributed by atoms with Crippen LogP contribution in [0.2, 0.25) is 0 Å². The van der Waals surface area contributed by atoms with Gasteiger partial charge in [0.15, 0.2) is 11.6 Å². The summed E-state index contributed by atoms with van der Waals surface area (Å²) in [6.45, 7) is 1.74. The normalized spacial score (nSPS) is 11.3. The van der Waals surface area contributed by atoms with E-state index in [1.54, 1.807) is 13.0 Å². The molecule has 0 spiro atoms. The molecule has 0 unspecified atom stereocenters. The van der Waals surface area contributed by atoms with Gasteiger partial charge in [-0.25, -0.2) is 22.2 Å². The van der Waals surface area contributed by atoms with Gasteiger partial charge < -0.3 is 5.73 Å². The molecule has 1 heterocycles. The van der Waals surface area contributed by atoms with Gasteiger partial charge in [-0.05, 0) is 36.8 Å². The molecule has 0 aliphatic carbocycles. The fourth-order valence-electron chi connectivity index (χ4n) is 1.56. The highest BCUT2D eigenvalue weighted by Crippen LogP contribution is 2.23. The maximum atomic E-state index is 13.6. The van der Waals surface area contributed by atoms with Gasteiger partial charge in [-0.15, -0.1) is 0 Å². The van der Waals surface area contributed by atoms with Crippen LogP contribution in [0.25, 0.3) is 0 Å². The SMILES string of the molecule is Cc1ccnc(NS(=O)(=O)c2cc(N)cc(F)c2F)c1. The van der Waals surface area contributed by atoms with E-state index >= 15 is 0 Å². The monoisotopic (exact) mass is 299 g/mol. The number of nitrogens with two attached hydrogens (primary N) is 1. The predicted octanol–water partition coefficient (Wildman–Crippen LogP) is 2.05. The molecule has 8 heteroatoms. The average Bonchev–Trinajstić information content (AvgIpc) is 2.33. The molecule has 0 bridgehead atoms. The molecule has 20 heavy (non-hydrogen) atoms. The molecule has 0 aliphatic rings. The summed E-state index contributed by atoms with van der Waals surface area (Å²) in [7, 11) is -4.31. The number of anilines is 2. The molecular formula is C12H11F2N3O2S. The summed E-state index contributed by atoms with van der Waals surface area (Å²) in [5.74, 6) is -2.81. The number of nitrogens with one attached hydrogen (secondary N) is 1. The first-order valence-electron chi connectivity index (χ1n) is 5.49. The molecule has 5 nitrogen and oxygen atoms in total. The Kier molecular flexibility index (Phi) is 3.58. The highest BCUT2D eigenvalue weighted by atomic mass is 32.2. The molecule has 3 N–H and O–H groups in total. The van der Waals surface area contributed by atoms with Crippen molar-refractivity contribution in [2.45, 2.75) is 11.8 Å². The van der Waals surface area contributed by atoms with Crippen LogP contribution < -0.4 is 10.5 Å². The molecule has 1 aromatic heterocycles. The Labute approximate surface area is 114 Å². The van der Waals surface area contributed by atoms with Gasteiger partial charge in [0.1, 0.15) is 10.7 Å². The van der Waals surface area contributed by atoms with Crippen molar-refractivity contribution in [2.75, 3.05) is 10.5 Å². The van der Waals surface area contributed by atoms with Crippen LogP contribution >= 0.6 is 0 Å². The number of sulfonamides is 1. The van der Waals surface area contributed by atoms with Gasteiger partial charge in [-0.1, -0.05) is 0 Å². The topological polar surface area (TPSA) is 85.1 Å². The number of benzene rings is 1. The van der Waals surface area contributed by atoms with Gasteiger partial charge in [0.05, 0.1) is 0 Å². The number of nitrogen functional groups attached to an aromatic ring is 1. The predicted molar refractivity (Wildman–Crippen MR) is 70.6 cm³/mol. The zero-order chi connectivity index (χ0) is 14.9. The van der Waals surface area contributed by atoms with Crippen LogP contribution in [0.1, 0.15) is 5.56 Å². The van der Waals surface area contributed by atoms with E-state index in [0.29, 0.717) is 6.07 Å². The Bertz CT molecular complexity index is 763. The van der Waals surface area contributed by atoms with Gasteiger partial charge >= 0.3 is 0 Å². The van der Waals surface area contributed by atoms with Crippen molar-refractivity contribution < 1.29 is 17.2 Å². The number of halogens is 2. The lowest BCUT2D eigenvalue weighted by Crippen LogP contribution is -2.16. The first-order valence-corrected chi connectivity index (χ1v) is 6.98. The first kappa shape index (κ1) is 14.2. The van der Waals surface area contributed by atoms with E-state index < -0.39 is 26.6 Å². The lowest BCUT2D eigenvalue weighted by Gasteiger charge is -2.09. The number of hydrogen-bond donors (Lipinski definition) is 2. The molecule has 2 rings (SSSR count). The van der Waals surface area contributed by atoms with Gasteiger partial charge in [0.25, 0.3) is 10.0 Å². The van der Waals surface area contributed by atoms with Crippen molar-refractivity contribution in [1.82, 2.24) is 4.98 Å². The summed E-state index contributed by atoms with van der Waals surface area (Å²) in [6, 6.07) is 4.67. The third-order valence-electron chi connectivity index (χ3n) is 2.46. The molecule has 0 saturated carbocycles. The molecule has 1 aromatic carbocycles. The zero-order valence-corrected chi connectivity index (χ0v) is 11.2. The Morgan fingerprint density at radius 3 is 2.60 bits per heavy atom. The summed E-state index contributed by atoms with van der Waals surface area (Å²) >= 11 is 0. The molecule has 2 aromatic rings. The third kappa shape index (κ3) is 2.85. The fraction of sp³-hybridized carbons (Fsp3) is 0.0833. The number of pyridine rings is 1. The average molecular weight is 299 g/mol. The Balaban J connectivity index is 2.46. The first-order chi connectivity index (χ1) is 9.29. The molecule has 0 radical (unpaired) electrons. The zero-order valence-electron chi connectivity index (χ0n) is 10.4. The maximum absolute atomic E-state index is 13.6. The molecule has 0 atom stereocenters. The second-order valence-corrected chi connectivity index (χ2v) is 5.79. The second kappa shape index (κ2) is 5.04. The van der Waals surface area contributed by atoms with Crippen molar-refractivity contribution in [3.8, 4) is 0 Å². The number of aromatic nitrogens is 1. The number of nitrogens with zero attached hydrogens (tertiary/aromatic N) is 1. The molecule has 0 saturated heterocycles. The quantitative estimate of drug-likeness (QED) is 0.849. The van der Waals surface area contributed by atoms with Crippen molar-refractivity contribution in [2.24, 2.45) is 0 Å². The van der Waals surface area contributed by atoms with Crippen molar-refractivity contribution in [3.63, 3.8) is 0 Å². The van der Waals surface area contributed by atoms with Crippen LogP contribution in [0.4, 0.5) is 20.3 Å². The molecule has 0 fully saturated rings. The summed E-state index contributed by atoms with van der Waals surface area (Å²) in [6.07, 6.45) is 1.39. The Morgan fingerprint density at radius 1 is 1.25 bits per heavy atom. The number of hydrogen-bond acceptors (Lipinski definition) is 4. The van der Waals surface area contributed by atoms with Gasteiger partial charge in [0, 0.05) is 11.9 Å². The van der Waals surface area contributed by atoms with Gasteiger partial charge in [-0.2, -0.15) is 0 Å². The minimum atomic E-state index is -4.31. The van der Waals surface area contributed by atoms with E-state index in [-0.39, 0.29) is 11.5 Å². The summed E-state index contributed by atoms with van der Waals surface area (Å²) in [4.78, 5) is 2.92. The van der Waals surface area contributed by atoms with E-state index in [9.17, 15) is 17.2 Å². The molecule has 0 amide bonds. The minimum Gasteiger partial charge on any atom is -0.399 e. The van der Waals surface area contributed by atoms with Crippen molar-refractivity contribution in [3.05, 3.63) is 47.7 Å². The number of aryl methyl sites for hydroxylation is 1. The van der Waals surface area contributed by atoms with Crippen molar-refractivity contribution in [1.29, 1.82) is 0 Å². The van der Waals surface area contributed by atoms with E-state index in [1.165, 1.54) is 12.3 Å². The Hall–Kier alpha value is -2.22. The minimum absolute atomic E-state index is 0.00670. The molecular weight excluding hydrogens is 288 g/mol. The third-order valence-corrected chi connectivity index (χ3v) is 3.82. The highest BCUT2D eigenvalue weighted by Gasteiger charge is 2.23. The van der Waals surface area contributed by atoms with E-state index in [4.69, 9.17) is 5.73 Å². The van der Waals surface area contributed by atoms with Crippen LogP contribution in [0, 0.1) is 18.6 Å². The van der Waals surface area contributed by atoms with Crippen LogP contribution in [-0.4, -0.2) is 13.4 Å². The van der Waals surface area contributed by atoms with E-state index in [1.807, 2.05) is 0 Å². The summed E-state index contributed by atoms with van der Waals surface area (Å²) in [5, 5.41) is 0. The van der Waals surface area contributed by atoms with Crippen molar-refractivity contribution >= 4 is 21.5 Å². The fourth-order valence-corrected chi connectivity index (χ4v) is 2.69. The molecule has 0 aliphatic heterocycles. The highest BCUT2D eigenvalue weighted by molar-refractivity contribution is 7.92. The van der Waals surface area contributed by atoms with Crippen LogP contribution in [0.5, 0.6) is 0 Å². The van der Waals surface area contributed by atoms with E-state index in [2.05, 4.69) is 9.71 Å². The largest absolute Gasteiger partial charge is 0.399 e. The molecule has 106 valence electrons. The van der Waals surface area contributed by atoms with E-state index in [0.717, 1.165) is 11.6 Å². The van der Waals surface area contributed by atoms with Gasteiger partial charge in [-0.3, -0.25) is 4.72 Å². The standard InChI is InChI=1S/C12H11F2N3O2S/c1-7-2-3-16-11(4-7)17-20(18,19)10-6-8(15)5-9(13)12(10)14/h2-6H,15H2,1H3,(H,16,17). The summed E-state index contributed by atoms with van der Waals surface area (Å²) in [5.41, 5.74) is 5.90. The Morgan fingerprint density at radius 2 is 1.95 bits per heavy atom. The smallest absolute Gasteiger partial charge is 0.266 e. The second-order valence-electron chi connectivity index (χ2n) is 4.14. The number of rotatable bonds is 3. The van der Waals surface area contributed by atoms with Gasteiger partial charge in [0.2, 0.25) is 0 Å². The maximum Gasteiger partial charge on any atom is 0.266 e. The van der Waals surface area contributed by atoms with Crippen LogP contribution in [0.15, 0.2) is 35.4 Å². The summed E-state index contributed by atoms with van der Waals surface area (Å²) < 4.78 is 52.9.